The molecule has 1 aromatic rings. The Balaban J connectivity index is 0.00000420. The zero-order chi connectivity index (χ0) is 20.6. The van der Waals surface area contributed by atoms with Crippen molar-refractivity contribution in [3.05, 3.63) is 35.9 Å². The first kappa shape index (κ1) is 25.5. The van der Waals surface area contributed by atoms with Gasteiger partial charge in [0, 0.05) is 46.3 Å². The average Bonchev–Trinajstić information content (AvgIpc) is 2.67. The summed E-state index contributed by atoms with van der Waals surface area (Å²) in [7, 11) is 1.78. The predicted octanol–water partition coefficient (Wildman–Crippen LogP) is 3.08. The number of ether oxygens (including phenoxy) is 1. The van der Waals surface area contributed by atoms with Crippen molar-refractivity contribution in [3.63, 3.8) is 0 Å². The topological polar surface area (TPSA) is 69.2 Å². The van der Waals surface area contributed by atoms with Crippen molar-refractivity contribution in [3.8, 4) is 0 Å². The Kier molecular flexibility index (Phi) is 10.7. The summed E-state index contributed by atoms with van der Waals surface area (Å²) in [6.45, 7) is 12.6. The minimum absolute atomic E-state index is 0. The van der Waals surface area contributed by atoms with Gasteiger partial charge in [0.25, 0.3) is 0 Å². The third-order valence-corrected chi connectivity index (χ3v) is 4.62. The SMILES string of the molecule is CN=C(NCCN1CCN(C(=O)OC(C)(C)C)CC1)NC(C)c1ccccc1.I. The van der Waals surface area contributed by atoms with Crippen LogP contribution in [0.5, 0.6) is 0 Å². The van der Waals surface area contributed by atoms with Gasteiger partial charge in [0.2, 0.25) is 0 Å². The van der Waals surface area contributed by atoms with Gasteiger partial charge in [-0.2, -0.15) is 0 Å². The summed E-state index contributed by atoms with van der Waals surface area (Å²) in [5.41, 5.74) is 0.779. The molecule has 29 heavy (non-hydrogen) atoms. The first-order chi connectivity index (χ1) is 13.3. The second kappa shape index (κ2) is 12.2. The van der Waals surface area contributed by atoms with Crippen LogP contribution in [0.4, 0.5) is 4.79 Å². The lowest BCUT2D eigenvalue weighted by molar-refractivity contribution is 0.0147. The van der Waals surface area contributed by atoms with Crippen molar-refractivity contribution in [1.29, 1.82) is 0 Å². The highest BCUT2D eigenvalue weighted by Gasteiger charge is 2.25. The quantitative estimate of drug-likeness (QED) is 0.357. The van der Waals surface area contributed by atoms with Gasteiger partial charge in [0.15, 0.2) is 5.96 Å². The molecule has 1 amide bonds. The number of nitrogens with one attached hydrogen (secondary N) is 2. The number of amides is 1. The number of halogens is 1. The molecule has 164 valence electrons. The minimum Gasteiger partial charge on any atom is -0.444 e. The highest BCUT2D eigenvalue weighted by atomic mass is 127. The Morgan fingerprint density at radius 1 is 1.17 bits per heavy atom. The van der Waals surface area contributed by atoms with Crippen molar-refractivity contribution in [2.75, 3.05) is 46.3 Å². The molecule has 0 aromatic heterocycles. The molecule has 0 aliphatic carbocycles. The number of piperazine rings is 1. The molecule has 0 radical (unpaired) electrons. The van der Waals surface area contributed by atoms with Crippen molar-refractivity contribution >= 4 is 36.0 Å². The predicted molar refractivity (Wildman–Crippen MR) is 129 cm³/mol. The van der Waals surface area contributed by atoms with Gasteiger partial charge in [0.1, 0.15) is 5.60 Å². The molecule has 0 saturated carbocycles. The van der Waals surface area contributed by atoms with Crippen molar-refractivity contribution in [2.24, 2.45) is 4.99 Å². The number of nitrogens with zero attached hydrogens (tertiary/aromatic N) is 3. The molecule has 2 rings (SSSR count). The Morgan fingerprint density at radius 2 is 1.79 bits per heavy atom. The molecule has 8 heteroatoms. The van der Waals surface area contributed by atoms with Gasteiger partial charge in [-0.05, 0) is 33.3 Å². The molecule has 1 unspecified atom stereocenters. The summed E-state index contributed by atoms with van der Waals surface area (Å²) < 4.78 is 5.45. The number of aliphatic imine (C=N–C) groups is 1. The van der Waals surface area contributed by atoms with Crippen LogP contribution in [0.2, 0.25) is 0 Å². The van der Waals surface area contributed by atoms with Gasteiger partial charge in [-0.3, -0.25) is 9.89 Å². The molecule has 7 nitrogen and oxygen atoms in total. The summed E-state index contributed by atoms with van der Waals surface area (Å²) in [5.74, 6) is 0.795. The fraction of sp³-hybridized carbons (Fsp3) is 0.619. The number of benzene rings is 1. The van der Waals surface area contributed by atoms with Gasteiger partial charge in [-0.15, -0.1) is 24.0 Å². The van der Waals surface area contributed by atoms with Crippen LogP contribution in [0, 0.1) is 0 Å². The van der Waals surface area contributed by atoms with E-state index >= 15 is 0 Å². The smallest absolute Gasteiger partial charge is 0.410 e. The Bertz CT molecular complexity index is 640. The molecule has 1 atom stereocenters. The first-order valence-corrected chi connectivity index (χ1v) is 10.0. The van der Waals surface area contributed by atoms with Crippen molar-refractivity contribution < 1.29 is 9.53 Å². The van der Waals surface area contributed by atoms with Crippen LogP contribution in [0.3, 0.4) is 0 Å². The van der Waals surface area contributed by atoms with Gasteiger partial charge < -0.3 is 20.3 Å². The monoisotopic (exact) mass is 517 g/mol. The lowest BCUT2D eigenvalue weighted by Crippen LogP contribution is -2.51. The normalized spacial score (nSPS) is 16.6. The molecule has 0 bridgehead atoms. The molecule has 1 heterocycles. The Hall–Kier alpha value is -1.55. The maximum Gasteiger partial charge on any atom is 0.410 e. The average molecular weight is 517 g/mol. The highest BCUT2D eigenvalue weighted by Crippen LogP contribution is 2.12. The standard InChI is InChI=1S/C21H35N5O2.HI/c1-17(18-9-7-6-8-10-18)24-19(22-5)23-11-12-25-13-15-26(16-14-25)20(27)28-21(2,3)4;/h6-10,17H,11-16H2,1-5H3,(H2,22,23,24);1H. The lowest BCUT2D eigenvalue weighted by Gasteiger charge is -2.35. The van der Waals surface area contributed by atoms with Crippen LogP contribution in [-0.4, -0.2) is 73.8 Å². The molecular weight excluding hydrogens is 481 g/mol. The van der Waals surface area contributed by atoms with Crippen LogP contribution in [0.1, 0.15) is 39.3 Å². The van der Waals surface area contributed by atoms with Crippen molar-refractivity contribution in [1.82, 2.24) is 20.4 Å². The van der Waals surface area contributed by atoms with E-state index in [1.54, 1.807) is 11.9 Å². The van der Waals surface area contributed by atoms with E-state index in [-0.39, 0.29) is 36.1 Å². The number of guanidine groups is 1. The van der Waals surface area contributed by atoms with Gasteiger partial charge in [0.05, 0.1) is 6.04 Å². The van der Waals surface area contributed by atoms with E-state index in [1.165, 1.54) is 5.56 Å². The molecule has 2 N–H and O–H groups in total. The second-order valence-electron chi connectivity index (χ2n) is 8.08. The zero-order valence-electron chi connectivity index (χ0n) is 18.3. The highest BCUT2D eigenvalue weighted by molar-refractivity contribution is 14.0. The van der Waals surface area contributed by atoms with Crippen molar-refractivity contribution in [2.45, 2.75) is 39.3 Å². The fourth-order valence-electron chi connectivity index (χ4n) is 3.04. The Labute approximate surface area is 192 Å². The molecule has 1 saturated heterocycles. The van der Waals surface area contributed by atoms with Gasteiger partial charge in [-0.1, -0.05) is 30.3 Å². The lowest BCUT2D eigenvalue weighted by atomic mass is 10.1. The maximum absolute atomic E-state index is 12.1. The van der Waals surface area contributed by atoms with Crippen LogP contribution in [0.25, 0.3) is 0 Å². The summed E-state index contributed by atoms with van der Waals surface area (Å²) in [4.78, 5) is 20.6. The molecule has 1 aromatic carbocycles. The number of rotatable bonds is 5. The number of carbonyl (C=O) groups excluding carboxylic acids is 1. The van der Waals surface area contributed by atoms with E-state index in [0.717, 1.165) is 32.1 Å². The van der Waals surface area contributed by atoms with Gasteiger partial charge >= 0.3 is 6.09 Å². The van der Waals surface area contributed by atoms with Crippen LogP contribution >= 0.6 is 24.0 Å². The fourth-order valence-corrected chi connectivity index (χ4v) is 3.04. The maximum atomic E-state index is 12.1. The number of hydrogen-bond acceptors (Lipinski definition) is 4. The van der Waals surface area contributed by atoms with E-state index in [0.29, 0.717) is 13.1 Å². The van der Waals surface area contributed by atoms with Crippen LogP contribution in [0.15, 0.2) is 35.3 Å². The largest absolute Gasteiger partial charge is 0.444 e. The van der Waals surface area contributed by atoms with E-state index in [1.807, 2.05) is 39.0 Å². The number of hydrogen-bond donors (Lipinski definition) is 2. The van der Waals surface area contributed by atoms with Gasteiger partial charge in [-0.25, -0.2) is 4.79 Å². The molecule has 1 fully saturated rings. The molecular formula is C21H36IN5O2. The molecule has 1 aliphatic heterocycles. The Morgan fingerprint density at radius 3 is 2.34 bits per heavy atom. The third kappa shape index (κ3) is 9.20. The third-order valence-electron chi connectivity index (χ3n) is 4.62. The molecule has 0 spiro atoms. The van der Waals surface area contributed by atoms with Crippen LogP contribution < -0.4 is 10.6 Å². The van der Waals surface area contributed by atoms with E-state index in [9.17, 15) is 4.79 Å². The van der Waals surface area contributed by atoms with E-state index in [2.05, 4.69) is 39.6 Å². The summed E-state index contributed by atoms with van der Waals surface area (Å²) in [6.07, 6.45) is -0.218. The van der Waals surface area contributed by atoms with Crippen LogP contribution in [-0.2, 0) is 4.74 Å². The summed E-state index contributed by atoms with van der Waals surface area (Å²) in [6, 6.07) is 10.5. The molecule has 1 aliphatic rings. The summed E-state index contributed by atoms with van der Waals surface area (Å²) in [5, 5.41) is 6.79. The zero-order valence-corrected chi connectivity index (χ0v) is 20.6. The minimum atomic E-state index is -0.447. The first-order valence-electron chi connectivity index (χ1n) is 10.0. The van der Waals surface area contributed by atoms with E-state index in [4.69, 9.17) is 4.74 Å². The second-order valence-corrected chi connectivity index (χ2v) is 8.08. The van der Waals surface area contributed by atoms with E-state index < -0.39 is 5.60 Å². The number of carbonyl (C=O) groups is 1. The summed E-state index contributed by atoms with van der Waals surface area (Å²) >= 11 is 0.